The minimum Gasteiger partial charge on any atom is -0.252 e. The Morgan fingerprint density at radius 2 is 2.60 bits per heavy atom. The van der Waals surface area contributed by atoms with Gasteiger partial charge in [0.15, 0.2) is 0 Å². The molecular weight excluding hydrogens is 150 g/mol. The van der Waals surface area contributed by atoms with Crippen LogP contribution >= 0.6 is 0 Å². The minimum absolute atomic E-state index is 0.474. The lowest BCUT2D eigenvalue weighted by Crippen LogP contribution is -1.98. The molecule has 5 heteroatoms. The summed E-state index contributed by atoms with van der Waals surface area (Å²) in [5.41, 5.74) is 0. The van der Waals surface area contributed by atoms with Crippen molar-refractivity contribution < 1.29 is 4.21 Å². The van der Waals surface area contributed by atoms with E-state index in [-0.39, 0.29) is 0 Å². The Bertz CT molecular complexity index is 209. The number of hydrogen-bond donors (Lipinski definition) is 1. The molecule has 0 spiro atoms. The second-order valence-electron chi connectivity index (χ2n) is 1.84. The van der Waals surface area contributed by atoms with E-state index in [1.54, 1.807) is 0 Å². The maximum Gasteiger partial charge on any atom is 0.214 e. The molecule has 4 nitrogen and oxygen atoms in total. The van der Waals surface area contributed by atoms with Gasteiger partial charge in [-0.15, -0.1) is 0 Å². The second-order valence-corrected chi connectivity index (χ2v) is 3.33. The highest BCUT2D eigenvalue weighted by atomic mass is 32.2. The van der Waals surface area contributed by atoms with Gasteiger partial charge in [-0.2, -0.15) is 5.10 Å². The van der Waals surface area contributed by atoms with E-state index < -0.39 is 10.8 Å². The molecule has 0 fully saturated rings. The summed E-state index contributed by atoms with van der Waals surface area (Å²) in [6.45, 7) is 1.98. The molecule has 0 amide bonds. The molecule has 0 bridgehead atoms. The van der Waals surface area contributed by atoms with Gasteiger partial charge in [-0.25, -0.2) is 4.98 Å². The first-order valence-electron chi connectivity index (χ1n) is 3.08. The van der Waals surface area contributed by atoms with E-state index in [1.165, 1.54) is 6.33 Å². The first kappa shape index (κ1) is 7.40. The van der Waals surface area contributed by atoms with Crippen molar-refractivity contribution >= 4 is 10.8 Å². The van der Waals surface area contributed by atoms with Crippen LogP contribution in [0.25, 0.3) is 0 Å². The molecule has 0 aliphatic heterocycles. The lowest BCUT2D eigenvalue weighted by atomic mass is 10.6. The molecule has 1 N–H and O–H groups in total. The van der Waals surface area contributed by atoms with Crippen LogP contribution in [0.3, 0.4) is 0 Å². The van der Waals surface area contributed by atoms with Crippen molar-refractivity contribution in [1.29, 1.82) is 0 Å². The number of hydrogen-bond acceptors (Lipinski definition) is 3. The van der Waals surface area contributed by atoms with Crippen LogP contribution in [0.2, 0.25) is 0 Å². The van der Waals surface area contributed by atoms with Crippen LogP contribution in [0.15, 0.2) is 11.5 Å². The molecule has 0 aliphatic rings. The standard InChI is InChI=1S/C5H9N3OS/c1-2-3-10(9)5-6-4-7-8-5/h4H,2-3H2,1H3,(H,6,7,8). The number of H-pyrrole nitrogens is 1. The van der Waals surface area contributed by atoms with E-state index in [9.17, 15) is 4.21 Å². The van der Waals surface area contributed by atoms with Crippen molar-refractivity contribution in [1.82, 2.24) is 15.2 Å². The average Bonchev–Trinajstić information content (AvgIpc) is 2.38. The van der Waals surface area contributed by atoms with Gasteiger partial charge >= 0.3 is 0 Å². The van der Waals surface area contributed by atoms with Crippen molar-refractivity contribution in [2.24, 2.45) is 0 Å². The lowest BCUT2D eigenvalue weighted by molar-refractivity contribution is 0.675. The zero-order chi connectivity index (χ0) is 7.40. The van der Waals surface area contributed by atoms with Crippen molar-refractivity contribution in [3.8, 4) is 0 Å². The highest BCUT2D eigenvalue weighted by Gasteiger charge is 2.03. The summed E-state index contributed by atoms with van der Waals surface area (Å²) in [5.74, 6) is 0.648. The average molecular weight is 159 g/mol. The maximum absolute atomic E-state index is 11.1. The van der Waals surface area contributed by atoms with Gasteiger partial charge in [0, 0.05) is 5.75 Å². The van der Waals surface area contributed by atoms with Crippen LogP contribution in [0.4, 0.5) is 0 Å². The lowest BCUT2D eigenvalue weighted by Gasteiger charge is -1.90. The predicted octanol–water partition coefficient (Wildman–Crippen LogP) is 0.322. The number of rotatable bonds is 3. The van der Waals surface area contributed by atoms with Crippen LogP contribution < -0.4 is 0 Å². The summed E-state index contributed by atoms with van der Waals surface area (Å²) in [4.78, 5) is 3.77. The van der Waals surface area contributed by atoms with Crippen molar-refractivity contribution in [3.63, 3.8) is 0 Å². The Hall–Kier alpha value is -0.710. The van der Waals surface area contributed by atoms with Gasteiger partial charge in [0.05, 0.1) is 10.8 Å². The molecule has 1 unspecified atom stereocenters. The normalized spacial score (nSPS) is 13.3. The molecule has 56 valence electrons. The fourth-order valence-electron chi connectivity index (χ4n) is 0.586. The van der Waals surface area contributed by atoms with Gasteiger partial charge < -0.3 is 0 Å². The fraction of sp³-hybridized carbons (Fsp3) is 0.600. The molecule has 10 heavy (non-hydrogen) atoms. The molecular formula is C5H9N3OS. The Morgan fingerprint density at radius 1 is 1.80 bits per heavy atom. The summed E-state index contributed by atoms with van der Waals surface area (Å²) < 4.78 is 11.1. The Kier molecular flexibility index (Phi) is 2.56. The van der Waals surface area contributed by atoms with Gasteiger partial charge in [-0.3, -0.25) is 9.31 Å². The van der Waals surface area contributed by atoms with Crippen LogP contribution in [0.5, 0.6) is 0 Å². The van der Waals surface area contributed by atoms with Gasteiger partial charge in [0.2, 0.25) is 5.16 Å². The van der Waals surface area contributed by atoms with Crippen LogP contribution in [0.1, 0.15) is 13.3 Å². The summed E-state index contributed by atoms with van der Waals surface area (Å²) >= 11 is 0. The topological polar surface area (TPSA) is 58.6 Å². The highest BCUT2D eigenvalue weighted by molar-refractivity contribution is 7.84. The van der Waals surface area contributed by atoms with Gasteiger partial charge in [0.1, 0.15) is 6.33 Å². The predicted molar refractivity (Wildman–Crippen MR) is 37.9 cm³/mol. The zero-order valence-corrected chi connectivity index (χ0v) is 6.52. The smallest absolute Gasteiger partial charge is 0.214 e. The first-order chi connectivity index (χ1) is 4.84. The van der Waals surface area contributed by atoms with Gasteiger partial charge in [0.25, 0.3) is 0 Å². The van der Waals surface area contributed by atoms with E-state index in [2.05, 4.69) is 15.2 Å². The highest BCUT2D eigenvalue weighted by Crippen LogP contribution is 1.96. The van der Waals surface area contributed by atoms with Crippen molar-refractivity contribution in [3.05, 3.63) is 6.33 Å². The third-order valence-electron chi connectivity index (χ3n) is 0.998. The molecule has 0 aliphatic carbocycles. The molecule has 0 aromatic carbocycles. The van der Waals surface area contributed by atoms with E-state index in [0.717, 1.165) is 6.42 Å². The van der Waals surface area contributed by atoms with E-state index in [4.69, 9.17) is 0 Å². The third kappa shape index (κ3) is 1.63. The Labute approximate surface area is 61.5 Å². The van der Waals surface area contributed by atoms with Crippen LogP contribution in [0, 0.1) is 0 Å². The summed E-state index contributed by atoms with van der Waals surface area (Å²) in [6.07, 6.45) is 2.26. The Morgan fingerprint density at radius 3 is 3.10 bits per heavy atom. The number of nitrogens with one attached hydrogen (secondary N) is 1. The van der Waals surface area contributed by atoms with Gasteiger partial charge in [-0.1, -0.05) is 6.92 Å². The molecule has 0 radical (unpaired) electrons. The molecule has 1 aromatic heterocycles. The number of aromatic nitrogens is 3. The molecule has 1 aromatic rings. The quantitative estimate of drug-likeness (QED) is 0.691. The van der Waals surface area contributed by atoms with E-state index >= 15 is 0 Å². The monoisotopic (exact) mass is 159 g/mol. The SMILES string of the molecule is CCCS(=O)c1ncn[nH]1. The fourth-order valence-corrected chi connectivity index (χ4v) is 1.47. The van der Waals surface area contributed by atoms with Crippen LogP contribution in [-0.4, -0.2) is 25.1 Å². The molecule has 1 heterocycles. The summed E-state index contributed by atoms with van der Waals surface area (Å²) in [5, 5.41) is 6.63. The largest absolute Gasteiger partial charge is 0.252 e. The number of nitrogens with zero attached hydrogens (tertiary/aromatic N) is 2. The zero-order valence-electron chi connectivity index (χ0n) is 5.70. The van der Waals surface area contributed by atoms with Crippen molar-refractivity contribution in [2.75, 3.05) is 5.75 Å². The summed E-state index contributed by atoms with van der Waals surface area (Å²) in [6, 6.07) is 0. The Balaban J connectivity index is 2.59. The molecule has 1 rings (SSSR count). The van der Waals surface area contributed by atoms with Gasteiger partial charge in [-0.05, 0) is 6.42 Å². The summed E-state index contributed by atoms with van der Waals surface area (Å²) in [7, 11) is -0.981. The first-order valence-corrected chi connectivity index (χ1v) is 4.40. The maximum atomic E-state index is 11.1. The number of aromatic amines is 1. The van der Waals surface area contributed by atoms with Crippen LogP contribution in [-0.2, 0) is 10.8 Å². The molecule has 0 saturated carbocycles. The van der Waals surface area contributed by atoms with E-state index in [1.807, 2.05) is 6.92 Å². The third-order valence-corrected chi connectivity index (χ3v) is 2.41. The molecule has 1 atom stereocenters. The second kappa shape index (κ2) is 3.46. The van der Waals surface area contributed by atoms with E-state index in [0.29, 0.717) is 10.9 Å². The molecule has 0 saturated heterocycles. The van der Waals surface area contributed by atoms with Crippen molar-refractivity contribution in [2.45, 2.75) is 18.5 Å². The minimum atomic E-state index is -0.981.